The standard InChI is InChI=1S/C18H19N9/c1-2-25-12-24-15-17(25)22-11-23-18(15)27-7-5-26(6-8-27)16-13-3-4-19-9-14(13)20-10-21-16/h3-4,9-12H,2,5-8H2,1H3. The third-order valence-electron chi connectivity index (χ3n) is 5.02. The van der Waals surface area contributed by atoms with Crippen molar-refractivity contribution in [3.63, 3.8) is 0 Å². The Morgan fingerprint density at radius 1 is 0.889 bits per heavy atom. The average molecular weight is 361 g/mol. The van der Waals surface area contributed by atoms with Crippen LogP contribution in [0.4, 0.5) is 11.6 Å². The van der Waals surface area contributed by atoms with Gasteiger partial charge in [0, 0.05) is 44.3 Å². The zero-order valence-electron chi connectivity index (χ0n) is 15.0. The van der Waals surface area contributed by atoms with Gasteiger partial charge in [0.05, 0.1) is 18.0 Å². The second-order valence-electron chi connectivity index (χ2n) is 6.46. The number of fused-ring (bicyclic) bond motifs is 2. The number of anilines is 2. The Morgan fingerprint density at radius 2 is 1.63 bits per heavy atom. The first-order valence-corrected chi connectivity index (χ1v) is 9.05. The summed E-state index contributed by atoms with van der Waals surface area (Å²) in [6.45, 7) is 6.34. The SMILES string of the molecule is CCn1cnc2c(N3CCN(c4ncnc5cnccc45)CC3)ncnc21. The molecule has 27 heavy (non-hydrogen) atoms. The van der Waals surface area contributed by atoms with Gasteiger partial charge in [0.2, 0.25) is 0 Å². The maximum Gasteiger partial charge on any atom is 0.165 e. The molecule has 0 saturated carbocycles. The smallest absolute Gasteiger partial charge is 0.165 e. The number of hydrogen-bond acceptors (Lipinski definition) is 8. The molecule has 0 bridgehead atoms. The van der Waals surface area contributed by atoms with Crippen LogP contribution in [0.3, 0.4) is 0 Å². The van der Waals surface area contributed by atoms with E-state index in [1.807, 2.05) is 17.0 Å². The minimum atomic E-state index is 0.844. The Labute approximate surface area is 155 Å². The molecule has 9 heteroatoms. The van der Waals surface area contributed by atoms with Gasteiger partial charge in [-0.25, -0.2) is 24.9 Å². The number of piperazine rings is 1. The molecule has 0 radical (unpaired) electrons. The molecule has 136 valence electrons. The van der Waals surface area contributed by atoms with Gasteiger partial charge in [0.25, 0.3) is 0 Å². The van der Waals surface area contributed by atoms with Crippen LogP contribution in [0.15, 0.2) is 37.4 Å². The van der Waals surface area contributed by atoms with E-state index in [1.165, 1.54) is 0 Å². The molecule has 1 aliphatic heterocycles. The fourth-order valence-electron chi connectivity index (χ4n) is 3.61. The van der Waals surface area contributed by atoms with Crippen LogP contribution in [0.25, 0.3) is 22.1 Å². The summed E-state index contributed by atoms with van der Waals surface area (Å²) in [6.07, 6.45) is 8.63. The van der Waals surface area contributed by atoms with E-state index in [0.717, 1.165) is 66.4 Å². The van der Waals surface area contributed by atoms with Crippen molar-refractivity contribution in [2.75, 3.05) is 36.0 Å². The Bertz CT molecular complexity index is 1090. The van der Waals surface area contributed by atoms with Crippen LogP contribution in [0.2, 0.25) is 0 Å². The largest absolute Gasteiger partial charge is 0.352 e. The highest BCUT2D eigenvalue weighted by Gasteiger charge is 2.23. The number of imidazole rings is 1. The molecular formula is C18H19N9. The van der Waals surface area contributed by atoms with Crippen molar-refractivity contribution in [1.29, 1.82) is 0 Å². The van der Waals surface area contributed by atoms with E-state index in [9.17, 15) is 0 Å². The van der Waals surface area contributed by atoms with E-state index in [1.54, 1.807) is 25.0 Å². The molecule has 5 rings (SSSR count). The molecule has 5 heterocycles. The Balaban J connectivity index is 1.41. The molecule has 0 atom stereocenters. The van der Waals surface area contributed by atoms with Gasteiger partial charge in [-0.05, 0) is 13.0 Å². The Hall–Kier alpha value is -3.36. The van der Waals surface area contributed by atoms with E-state index in [2.05, 4.69) is 46.6 Å². The maximum atomic E-state index is 4.54. The number of pyridine rings is 1. The van der Waals surface area contributed by atoms with E-state index < -0.39 is 0 Å². The first-order valence-electron chi connectivity index (χ1n) is 9.05. The normalized spacial score (nSPS) is 15.0. The third-order valence-corrected chi connectivity index (χ3v) is 5.02. The quantitative estimate of drug-likeness (QED) is 0.542. The van der Waals surface area contributed by atoms with Gasteiger partial charge in [-0.2, -0.15) is 0 Å². The summed E-state index contributed by atoms with van der Waals surface area (Å²) >= 11 is 0. The molecular weight excluding hydrogens is 342 g/mol. The highest BCUT2D eigenvalue weighted by Crippen LogP contribution is 2.26. The van der Waals surface area contributed by atoms with Gasteiger partial charge in [-0.3, -0.25) is 4.98 Å². The van der Waals surface area contributed by atoms with Crippen LogP contribution >= 0.6 is 0 Å². The first kappa shape index (κ1) is 15.9. The fraction of sp³-hybridized carbons (Fsp3) is 0.333. The maximum absolute atomic E-state index is 4.54. The molecule has 0 N–H and O–H groups in total. The molecule has 1 aliphatic rings. The summed E-state index contributed by atoms with van der Waals surface area (Å²) < 4.78 is 2.04. The van der Waals surface area contributed by atoms with E-state index in [4.69, 9.17) is 0 Å². The molecule has 0 aliphatic carbocycles. The van der Waals surface area contributed by atoms with Gasteiger partial charge in [0.1, 0.15) is 18.5 Å². The van der Waals surface area contributed by atoms with Crippen LogP contribution in [-0.2, 0) is 6.54 Å². The number of aromatic nitrogens is 7. The van der Waals surface area contributed by atoms with Crippen molar-refractivity contribution in [3.8, 4) is 0 Å². The zero-order chi connectivity index (χ0) is 18.2. The van der Waals surface area contributed by atoms with E-state index in [-0.39, 0.29) is 0 Å². The van der Waals surface area contributed by atoms with Gasteiger partial charge in [-0.1, -0.05) is 0 Å². The molecule has 0 amide bonds. The Morgan fingerprint density at radius 3 is 2.44 bits per heavy atom. The van der Waals surface area contributed by atoms with Crippen molar-refractivity contribution < 1.29 is 0 Å². The molecule has 1 fully saturated rings. The van der Waals surface area contributed by atoms with Crippen molar-refractivity contribution in [1.82, 2.24) is 34.5 Å². The average Bonchev–Trinajstić information content (AvgIpc) is 3.17. The summed E-state index contributed by atoms with van der Waals surface area (Å²) in [4.78, 5) is 31.0. The number of rotatable bonds is 3. The van der Waals surface area contributed by atoms with Crippen LogP contribution < -0.4 is 9.80 Å². The molecule has 0 unspecified atom stereocenters. The second kappa shape index (κ2) is 6.42. The lowest BCUT2D eigenvalue weighted by atomic mass is 10.2. The summed E-state index contributed by atoms with van der Waals surface area (Å²) in [6, 6.07) is 1.97. The van der Waals surface area contributed by atoms with Crippen LogP contribution in [-0.4, -0.2) is 60.6 Å². The Kier molecular flexibility index (Phi) is 3.77. The molecule has 1 saturated heterocycles. The van der Waals surface area contributed by atoms with Crippen LogP contribution in [0.1, 0.15) is 6.92 Å². The predicted octanol–water partition coefficient (Wildman–Crippen LogP) is 1.51. The van der Waals surface area contributed by atoms with Crippen molar-refractivity contribution in [2.24, 2.45) is 0 Å². The topological polar surface area (TPSA) is 88.8 Å². The lowest BCUT2D eigenvalue weighted by Gasteiger charge is -2.36. The van der Waals surface area contributed by atoms with Gasteiger partial charge in [0.15, 0.2) is 17.0 Å². The summed E-state index contributed by atoms with van der Waals surface area (Å²) in [5.74, 6) is 1.87. The summed E-state index contributed by atoms with van der Waals surface area (Å²) in [5.41, 5.74) is 2.62. The fourth-order valence-corrected chi connectivity index (χ4v) is 3.61. The van der Waals surface area contributed by atoms with Crippen molar-refractivity contribution in [3.05, 3.63) is 37.4 Å². The van der Waals surface area contributed by atoms with Crippen LogP contribution in [0.5, 0.6) is 0 Å². The molecule has 0 aromatic carbocycles. The second-order valence-corrected chi connectivity index (χ2v) is 6.46. The van der Waals surface area contributed by atoms with Gasteiger partial charge in [-0.15, -0.1) is 0 Å². The third kappa shape index (κ3) is 2.62. The summed E-state index contributed by atoms with van der Waals surface area (Å²) in [5, 5.41) is 1.03. The molecule has 4 aromatic rings. The van der Waals surface area contributed by atoms with E-state index in [0.29, 0.717) is 0 Å². The predicted molar refractivity (Wildman–Crippen MR) is 103 cm³/mol. The summed E-state index contributed by atoms with van der Waals surface area (Å²) in [7, 11) is 0. The number of aryl methyl sites for hydroxylation is 1. The minimum Gasteiger partial charge on any atom is -0.352 e. The van der Waals surface area contributed by atoms with Crippen molar-refractivity contribution >= 4 is 33.7 Å². The number of nitrogens with zero attached hydrogens (tertiary/aromatic N) is 9. The van der Waals surface area contributed by atoms with Gasteiger partial charge < -0.3 is 14.4 Å². The van der Waals surface area contributed by atoms with Gasteiger partial charge >= 0.3 is 0 Å². The minimum absolute atomic E-state index is 0.844. The van der Waals surface area contributed by atoms with Crippen LogP contribution in [0, 0.1) is 0 Å². The first-order chi connectivity index (χ1) is 13.3. The van der Waals surface area contributed by atoms with Crippen molar-refractivity contribution in [2.45, 2.75) is 13.5 Å². The monoisotopic (exact) mass is 361 g/mol. The zero-order valence-corrected chi connectivity index (χ0v) is 15.0. The number of hydrogen-bond donors (Lipinski definition) is 0. The highest BCUT2D eigenvalue weighted by molar-refractivity contribution is 5.89. The van der Waals surface area contributed by atoms with E-state index >= 15 is 0 Å². The molecule has 4 aromatic heterocycles. The lowest BCUT2D eigenvalue weighted by Crippen LogP contribution is -2.47. The highest BCUT2D eigenvalue weighted by atomic mass is 15.3. The lowest BCUT2D eigenvalue weighted by molar-refractivity contribution is 0.644. The molecule has 9 nitrogen and oxygen atoms in total. The molecule has 0 spiro atoms.